The van der Waals surface area contributed by atoms with Gasteiger partial charge < -0.3 is 4.90 Å². The second kappa shape index (κ2) is 8.59. The summed E-state index contributed by atoms with van der Waals surface area (Å²) in [5, 5.41) is 9.30. The molecule has 1 amide bonds. The minimum absolute atomic E-state index is 0.0464. The Kier molecular flexibility index (Phi) is 5.73. The van der Waals surface area contributed by atoms with Crippen molar-refractivity contribution in [1.29, 1.82) is 5.26 Å². The Hall–Kier alpha value is -2.97. The number of ketones is 1. The van der Waals surface area contributed by atoms with Crippen molar-refractivity contribution in [2.24, 2.45) is 0 Å². The first kappa shape index (κ1) is 19.4. The van der Waals surface area contributed by atoms with Crippen molar-refractivity contribution in [2.45, 2.75) is 32.2 Å². The molecule has 0 unspecified atom stereocenters. The quantitative estimate of drug-likeness (QED) is 0.809. The molecule has 1 saturated heterocycles. The van der Waals surface area contributed by atoms with Crippen LogP contribution in [-0.4, -0.2) is 47.7 Å². The maximum Gasteiger partial charge on any atom is 0.253 e. The van der Waals surface area contributed by atoms with Gasteiger partial charge >= 0.3 is 0 Å². The second-order valence-electron chi connectivity index (χ2n) is 7.84. The van der Waals surface area contributed by atoms with Gasteiger partial charge in [-0.3, -0.25) is 14.5 Å². The van der Waals surface area contributed by atoms with E-state index < -0.39 is 0 Å². The van der Waals surface area contributed by atoms with Crippen LogP contribution in [0.3, 0.4) is 0 Å². The minimum atomic E-state index is 0.0464. The summed E-state index contributed by atoms with van der Waals surface area (Å²) in [6.45, 7) is 3.82. The number of fused-ring (bicyclic) bond motifs is 1. The van der Waals surface area contributed by atoms with Crippen molar-refractivity contribution in [3.63, 3.8) is 0 Å². The normalized spacial score (nSPS) is 17.3. The van der Waals surface area contributed by atoms with Gasteiger partial charge in [0.2, 0.25) is 0 Å². The summed E-state index contributed by atoms with van der Waals surface area (Å²) in [7, 11) is 0. The molecule has 0 spiro atoms. The van der Waals surface area contributed by atoms with E-state index in [1.54, 1.807) is 6.07 Å². The summed E-state index contributed by atoms with van der Waals surface area (Å²) in [5.41, 5.74) is 4.23. The maximum absolute atomic E-state index is 13.1. The molecule has 2 aromatic rings. The van der Waals surface area contributed by atoms with Gasteiger partial charge in [0, 0.05) is 50.3 Å². The number of Topliss-reactive ketones (excluding diaryl/α,β-unsaturated/α-hetero) is 1. The highest BCUT2D eigenvalue weighted by atomic mass is 16.2. The van der Waals surface area contributed by atoms with Crippen molar-refractivity contribution in [3.8, 4) is 6.07 Å². The predicted octanol–water partition coefficient (Wildman–Crippen LogP) is 3.43. The maximum atomic E-state index is 13.1. The number of rotatable bonds is 3. The van der Waals surface area contributed by atoms with E-state index in [0.717, 1.165) is 62.1 Å². The lowest BCUT2D eigenvalue weighted by Crippen LogP contribution is -2.35. The van der Waals surface area contributed by atoms with Crippen LogP contribution in [0, 0.1) is 11.3 Å². The lowest BCUT2D eigenvalue weighted by Gasteiger charge is -2.23. The van der Waals surface area contributed by atoms with Crippen molar-refractivity contribution in [2.75, 3.05) is 26.2 Å². The molecule has 0 atom stereocenters. The Balaban J connectivity index is 1.43. The molecule has 148 valence electrons. The third-order valence-corrected chi connectivity index (χ3v) is 5.91. The molecule has 0 bridgehead atoms. The van der Waals surface area contributed by atoms with Gasteiger partial charge in [-0.2, -0.15) is 5.26 Å². The first-order chi connectivity index (χ1) is 14.2. The summed E-state index contributed by atoms with van der Waals surface area (Å²) in [5.74, 6) is 0.235. The standard InChI is InChI=1S/C24H25N3O2/c25-16-20-5-1-2-6-21(20)17-26-11-4-12-27(14-13-26)24(29)19-9-10-22-18(15-19)7-3-8-23(22)28/h1-2,5-6,9-10,15H,3-4,7-8,11-14,17H2. The number of nitriles is 1. The van der Waals surface area contributed by atoms with Crippen molar-refractivity contribution >= 4 is 11.7 Å². The first-order valence-corrected chi connectivity index (χ1v) is 10.3. The topological polar surface area (TPSA) is 64.4 Å². The molecule has 1 aliphatic heterocycles. The highest BCUT2D eigenvalue weighted by Gasteiger charge is 2.23. The van der Waals surface area contributed by atoms with Crippen molar-refractivity contribution in [3.05, 3.63) is 70.3 Å². The average molecular weight is 387 g/mol. The number of nitrogens with zero attached hydrogens (tertiary/aromatic N) is 3. The number of amides is 1. The highest BCUT2D eigenvalue weighted by Crippen LogP contribution is 2.23. The molecular weight excluding hydrogens is 362 g/mol. The van der Waals surface area contributed by atoms with Crippen LogP contribution in [0.15, 0.2) is 42.5 Å². The lowest BCUT2D eigenvalue weighted by atomic mass is 9.89. The van der Waals surface area contributed by atoms with Crippen LogP contribution in [0.1, 0.15) is 56.7 Å². The Morgan fingerprint density at radius 2 is 1.86 bits per heavy atom. The molecule has 29 heavy (non-hydrogen) atoms. The van der Waals surface area contributed by atoms with E-state index in [4.69, 9.17) is 0 Å². The second-order valence-corrected chi connectivity index (χ2v) is 7.84. The van der Waals surface area contributed by atoms with E-state index in [2.05, 4.69) is 11.0 Å². The molecule has 5 nitrogen and oxygen atoms in total. The number of carbonyl (C=O) groups excluding carboxylic acids is 2. The number of hydrogen-bond donors (Lipinski definition) is 0. The van der Waals surface area contributed by atoms with Crippen LogP contribution in [0.5, 0.6) is 0 Å². The molecule has 0 saturated carbocycles. The molecule has 2 aromatic carbocycles. The zero-order valence-corrected chi connectivity index (χ0v) is 16.6. The van der Waals surface area contributed by atoms with Gasteiger partial charge in [0.1, 0.15) is 0 Å². The van der Waals surface area contributed by atoms with Crippen LogP contribution >= 0.6 is 0 Å². The van der Waals surface area contributed by atoms with Gasteiger partial charge in [-0.1, -0.05) is 24.3 Å². The van der Waals surface area contributed by atoms with E-state index in [0.29, 0.717) is 24.1 Å². The predicted molar refractivity (Wildman–Crippen MR) is 111 cm³/mol. The van der Waals surface area contributed by atoms with Crippen LogP contribution in [0.4, 0.5) is 0 Å². The third kappa shape index (κ3) is 4.23. The van der Waals surface area contributed by atoms with E-state index in [9.17, 15) is 14.9 Å². The average Bonchev–Trinajstić information content (AvgIpc) is 2.99. The van der Waals surface area contributed by atoms with Gasteiger partial charge in [-0.05, 0) is 48.6 Å². The molecule has 1 aliphatic carbocycles. The SMILES string of the molecule is N#Cc1ccccc1CN1CCCN(C(=O)c2ccc3c(c2)CCCC3=O)CC1. The lowest BCUT2D eigenvalue weighted by molar-refractivity contribution is 0.0760. The molecule has 1 heterocycles. The van der Waals surface area contributed by atoms with Gasteiger partial charge in [0.15, 0.2) is 5.78 Å². The first-order valence-electron chi connectivity index (χ1n) is 10.3. The van der Waals surface area contributed by atoms with Crippen molar-refractivity contribution in [1.82, 2.24) is 9.80 Å². The Labute approximate surface area is 171 Å². The summed E-state index contributed by atoms with van der Waals surface area (Å²) in [6, 6.07) is 15.5. The zero-order chi connectivity index (χ0) is 20.2. The number of carbonyl (C=O) groups is 2. The van der Waals surface area contributed by atoms with Crippen LogP contribution in [-0.2, 0) is 13.0 Å². The van der Waals surface area contributed by atoms with Crippen LogP contribution < -0.4 is 0 Å². The molecule has 0 aromatic heterocycles. The number of benzene rings is 2. The summed E-state index contributed by atoms with van der Waals surface area (Å²) in [4.78, 5) is 29.3. The van der Waals surface area contributed by atoms with Crippen LogP contribution in [0.25, 0.3) is 0 Å². The number of hydrogen-bond acceptors (Lipinski definition) is 4. The molecular formula is C24H25N3O2. The summed E-state index contributed by atoms with van der Waals surface area (Å²) >= 11 is 0. The number of aryl methyl sites for hydroxylation is 1. The Bertz CT molecular complexity index is 976. The Morgan fingerprint density at radius 1 is 1.00 bits per heavy atom. The smallest absolute Gasteiger partial charge is 0.253 e. The molecule has 5 heteroatoms. The molecule has 4 rings (SSSR count). The van der Waals surface area contributed by atoms with Crippen LogP contribution in [0.2, 0.25) is 0 Å². The fourth-order valence-electron chi connectivity index (χ4n) is 4.30. The van der Waals surface area contributed by atoms with E-state index >= 15 is 0 Å². The van der Waals surface area contributed by atoms with E-state index in [1.165, 1.54) is 0 Å². The van der Waals surface area contributed by atoms with E-state index in [1.807, 2.05) is 41.3 Å². The van der Waals surface area contributed by atoms with Gasteiger partial charge in [0.05, 0.1) is 11.6 Å². The fraction of sp³-hybridized carbons (Fsp3) is 0.375. The van der Waals surface area contributed by atoms with Crippen molar-refractivity contribution < 1.29 is 9.59 Å². The van der Waals surface area contributed by atoms with Gasteiger partial charge in [-0.25, -0.2) is 0 Å². The highest BCUT2D eigenvalue weighted by molar-refractivity contribution is 6.01. The summed E-state index contributed by atoms with van der Waals surface area (Å²) < 4.78 is 0. The third-order valence-electron chi connectivity index (χ3n) is 5.91. The Morgan fingerprint density at radius 3 is 2.72 bits per heavy atom. The summed E-state index contributed by atoms with van der Waals surface area (Å²) in [6.07, 6.45) is 3.25. The largest absolute Gasteiger partial charge is 0.337 e. The van der Waals surface area contributed by atoms with E-state index in [-0.39, 0.29) is 11.7 Å². The molecule has 2 aliphatic rings. The molecule has 0 N–H and O–H groups in total. The van der Waals surface area contributed by atoms with Gasteiger partial charge in [-0.15, -0.1) is 0 Å². The fourth-order valence-corrected chi connectivity index (χ4v) is 4.30. The van der Waals surface area contributed by atoms with Gasteiger partial charge in [0.25, 0.3) is 5.91 Å². The molecule has 0 radical (unpaired) electrons. The zero-order valence-electron chi connectivity index (χ0n) is 16.6. The monoisotopic (exact) mass is 387 g/mol. The minimum Gasteiger partial charge on any atom is -0.337 e. The molecule has 1 fully saturated rings.